The molecule has 0 spiro atoms. The van der Waals surface area contributed by atoms with Crippen molar-refractivity contribution in [2.24, 2.45) is 0 Å². The van der Waals surface area contributed by atoms with E-state index in [1.165, 1.54) is 0 Å². The first kappa shape index (κ1) is 12.9. The minimum absolute atomic E-state index is 0.537. The van der Waals surface area contributed by atoms with E-state index in [0.717, 1.165) is 0 Å². The molecule has 0 aliphatic rings. The van der Waals surface area contributed by atoms with Gasteiger partial charge in [-0.25, -0.2) is 4.79 Å². The third-order valence-corrected chi connectivity index (χ3v) is 2.73. The van der Waals surface area contributed by atoms with Crippen LogP contribution in [0.3, 0.4) is 0 Å². The Morgan fingerprint density at radius 2 is 1.32 bits per heavy atom. The number of aliphatic hydroxyl groups is 1. The van der Waals surface area contributed by atoms with Crippen molar-refractivity contribution in [1.82, 2.24) is 0 Å². The van der Waals surface area contributed by atoms with E-state index >= 15 is 0 Å². The Hall–Kier alpha value is -2.57. The number of hydrogen-bond donors (Lipinski definition) is 2. The van der Waals surface area contributed by atoms with Gasteiger partial charge in [0.15, 0.2) is 5.60 Å². The van der Waals surface area contributed by atoms with Crippen LogP contribution in [0.4, 0.5) is 0 Å². The second-order valence-corrected chi connectivity index (χ2v) is 4.00. The van der Waals surface area contributed by atoms with Crippen molar-refractivity contribution < 1.29 is 15.0 Å². The Bertz CT molecular complexity index is 582. The van der Waals surface area contributed by atoms with Crippen LogP contribution in [-0.2, 0) is 10.4 Å². The van der Waals surface area contributed by atoms with Crippen molar-refractivity contribution in [2.75, 3.05) is 0 Å². The van der Waals surface area contributed by atoms with Gasteiger partial charge in [0.05, 0.1) is 0 Å². The van der Waals surface area contributed by atoms with Gasteiger partial charge in [-0.05, 0) is 5.92 Å². The average molecular weight is 252 g/mol. The molecule has 2 aromatic carbocycles. The summed E-state index contributed by atoms with van der Waals surface area (Å²) in [6.07, 6.45) is 0. The van der Waals surface area contributed by atoms with Crippen LogP contribution in [0.2, 0.25) is 0 Å². The molecule has 0 amide bonds. The molecule has 0 aliphatic carbocycles. The molecule has 0 unspecified atom stereocenters. The van der Waals surface area contributed by atoms with E-state index in [0.29, 0.717) is 11.1 Å². The third-order valence-electron chi connectivity index (χ3n) is 2.73. The van der Waals surface area contributed by atoms with E-state index in [1.54, 1.807) is 48.5 Å². The van der Waals surface area contributed by atoms with Crippen molar-refractivity contribution in [3.8, 4) is 11.8 Å². The Morgan fingerprint density at radius 1 is 0.895 bits per heavy atom. The van der Waals surface area contributed by atoms with E-state index in [9.17, 15) is 9.90 Å². The number of carboxylic acids is 1. The topological polar surface area (TPSA) is 57.5 Å². The molecular formula is C16H12O3. The number of aliphatic carboxylic acids is 1. The maximum Gasteiger partial charge on any atom is 0.382 e. The van der Waals surface area contributed by atoms with Crippen LogP contribution in [0.5, 0.6) is 0 Å². The van der Waals surface area contributed by atoms with Gasteiger partial charge in [-0.3, -0.25) is 0 Å². The third kappa shape index (κ3) is 2.82. The molecule has 0 saturated carbocycles. The van der Waals surface area contributed by atoms with E-state index in [2.05, 4.69) is 5.92 Å². The van der Waals surface area contributed by atoms with E-state index < -0.39 is 11.6 Å². The molecule has 2 N–H and O–H groups in total. The maximum atomic E-state index is 10.8. The lowest BCUT2D eigenvalue weighted by Crippen LogP contribution is -2.25. The first-order valence-corrected chi connectivity index (χ1v) is 5.72. The first-order chi connectivity index (χ1) is 9.13. The molecule has 0 bridgehead atoms. The zero-order valence-corrected chi connectivity index (χ0v) is 10.1. The van der Waals surface area contributed by atoms with Gasteiger partial charge in [-0.2, -0.15) is 0 Å². The number of carbonyl (C=O) groups is 1. The van der Waals surface area contributed by atoms with Crippen molar-refractivity contribution in [1.29, 1.82) is 0 Å². The van der Waals surface area contributed by atoms with Gasteiger partial charge in [-0.1, -0.05) is 60.7 Å². The first-order valence-electron chi connectivity index (χ1n) is 5.72. The standard InChI is InChI=1S/C16H12O3/c17-15(18)11-12-16(19,13-7-3-1-4-8-13)14-9-5-2-6-10-14/h1-10,19H,(H,17,18). The molecule has 0 aliphatic heterocycles. The summed E-state index contributed by atoms with van der Waals surface area (Å²) >= 11 is 0. The maximum absolute atomic E-state index is 10.8. The predicted octanol–water partition coefficient (Wildman–Crippen LogP) is 2.01. The smallest absolute Gasteiger partial charge is 0.382 e. The van der Waals surface area contributed by atoms with Crippen LogP contribution < -0.4 is 0 Å². The summed E-state index contributed by atoms with van der Waals surface area (Å²) < 4.78 is 0. The minimum atomic E-state index is -1.62. The minimum Gasteiger partial charge on any atom is -0.472 e. The van der Waals surface area contributed by atoms with Gasteiger partial charge in [0.2, 0.25) is 0 Å². The van der Waals surface area contributed by atoms with Crippen LogP contribution in [0.15, 0.2) is 60.7 Å². The molecule has 0 atom stereocenters. The highest BCUT2D eigenvalue weighted by Crippen LogP contribution is 2.28. The number of hydrogen-bond acceptors (Lipinski definition) is 2. The molecule has 0 heterocycles. The Morgan fingerprint density at radius 3 is 1.68 bits per heavy atom. The zero-order valence-electron chi connectivity index (χ0n) is 10.1. The molecule has 2 aromatic rings. The van der Waals surface area contributed by atoms with Crippen LogP contribution in [0.1, 0.15) is 11.1 Å². The summed E-state index contributed by atoms with van der Waals surface area (Å²) in [5, 5.41) is 19.5. The summed E-state index contributed by atoms with van der Waals surface area (Å²) in [6, 6.07) is 17.6. The van der Waals surface area contributed by atoms with Crippen LogP contribution >= 0.6 is 0 Å². The van der Waals surface area contributed by atoms with Gasteiger partial charge in [0.1, 0.15) is 0 Å². The number of carboxylic acid groups (broad SMARTS) is 1. The number of benzene rings is 2. The molecule has 0 fully saturated rings. The average Bonchev–Trinajstić information content (AvgIpc) is 2.46. The second-order valence-electron chi connectivity index (χ2n) is 4.00. The molecule has 3 nitrogen and oxygen atoms in total. The summed E-state index contributed by atoms with van der Waals surface area (Å²) in [5.41, 5.74) is -0.550. The second kappa shape index (κ2) is 5.38. The lowest BCUT2D eigenvalue weighted by Gasteiger charge is -2.23. The van der Waals surface area contributed by atoms with Gasteiger partial charge >= 0.3 is 5.97 Å². The van der Waals surface area contributed by atoms with E-state index in [4.69, 9.17) is 5.11 Å². The van der Waals surface area contributed by atoms with Crippen molar-refractivity contribution in [3.63, 3.8) is 0 Å². The number of rotatable bonds is 2. The van der Waals surface area contributed by atoms with Crippen molar-refractivity contribution >= 4 is 5.97 Å². The molecule has 94 valence electrons. The molecule has 2 rings (SSSR count). The van der Waals surface area contributed by atoms with Gasteiger partial charge < -0.3 is 10.2 Å². The zero-order chi connectivity index (χ0) is 13.7. The van der Waals surface area contributed by atoms with Crippen LogP contribution in [-0.4, -0.2) is 16.2 Å². The fraction of sp³-hybridized carbons (Fsp3) is 0.0625. The molecule has 0 saturated heterocycles. The highest BCUT2D eigenvalue weighted by atomic mass is 16.4. The molecule has 0 aromatic heterocycles. The SMILES string of the molecule is O=C(O)C#CC(O)(c1ccccc1)c1ccccc1. The van der Waals surface area contributed by atoms with E-state index in [1.807, 2.05) is 18.1 Å². The van der Waals surface area contributed by atoms with Crippen molar-refractivity contribution in [3.05, 3.63) is 71.8 Å². The van der Waals surface area contributed by atoms with Gasteiger partial charge in [0.25, 0.3) is 0 Å². The Labute approximate surface area is 111 Å². The Kier molecular flexibility index (Phi) is 3.65. The summed E-state index contributed by atoms with van der Waals surface area (Å²) in [7, 11) is 0. The van der Waals surface area contributed by atoms with Gasteiger partial charge in [0, 0.05) is 17.0 Å². The summed E-state index contributed by atoms with van der Waals surface area (Å²) in [5.74, 6) is 3.16. The molecule has 3 heteroatoms. The molecule has 19 heavy (non-hydrogen) atoms. The van der Waals surface area contributed by atoms with E-state index in [-0.39, 0.29) is 0 Å². The lowest BCUT2D eigenvalue weighted by atomic mass is 9.87. The van der Waals surface area contributed by atoms with Gasteiger partial charge in [-0.15, -0.1) is 0 Å². The predicted molar refractivity (Wildman–Crippen MR) is 71.3 cm³/mol. The fourth-order valence-electron chi connectivity index (χ4n) is 1.81. The normalized spacial score (nSPS) is 10.4. The summed E-state index contributed by atoms with van der Waals surface area (Å²) in [4.78, 5) is 10.6. The van der Waals surface area contributed by atoms with Crippen LogP contribution in [0, 0.1) is 11.8 Å². The summed E-state index contributed by atoms with van der Waals surface area (Å²) in [6.45, 7) is 0. The molecule has 0 radical (unpaired) electrons. The quantitative estimate of drug-likeness (QED) is 0.804. The lowest BCUT2D eigenvalue weighted by molar-refractivity contribution is -0.130. The Balaban J connectivity index is 2.58. The largest absolute Gasteiger partial charge is 0.472 e. The highest BCUT2D eigenvalue weighted by Gasteiger charge is 2.29. The molecular weight excluding hydrogens is 240 g/mol. The fourth-order valence-corrected chi connectivity index (χ4v) is 1.81. The monoisotopic (exact) mass is 252 g/mol. The van der Waals surface area contributed by atoms with Crippen molar-refractivity contribution in [2.45, 2.75) is 5.60 Å². The van der Waals surface area contributed by atoms with Crippen LogP contribution in [0.25, 0.3) is 0 Å². The highest BCUT2D eigenvalue weighted by molar-refractivity contribution is 5.87.